The maximum atomic E-state index is 12.3. The number of amides is 1. The standard InChI is InChI=1S/C14H15N3O4/c1-15-9-11(17(20)21)7-13(15)14(19)16(2)8-10-3-5-12(18)6-4-10/h3-7,9,18H,8H2,1-2H3. The van der Waals surface area contributed by atoms with Crippen LogP contribution in [0.2, 0.25) is 0 Å². The first-order valence-corrected chi connectivity index (χ1v) is 6.22. The lowest BCUT2D eigenvalue weighted by atomic mass is 10.2. The molecule has 0 saturated carbocycles. The molecule has 2 rings (SSSR count). The van der Waals surface area contributed by atoms with Gasteiger partial charge in [0, 0.05) is 26.7 Å². The average molecular weight is 289 g/mol. The van der Waals surface area contributed by atoms with Crippen molar-refractivity contribution in [1.29, 1.82) is 0 Å². The topological polar surface area (TPSA) is 88.6 Å². The number of nitrogens with zero attached hydrogens (tertiary/aromatic N) is 3. The van der Waals surface area contributed by atoms with Crippen LogP contribution in [0.1, 0.15) is 16.1 Å². The number of phenols is 1. The largest absolute Gasteiger partial charge is 0.508 e. The molecular weight excluding hydrogens is 274 g/mol. The van der Waals surface area contributed by atoms with Crippen LogP contribution in [-0.2, 0) is 13.6 Å². The molecule has 1 aromatic carbocycles. The van der Waals surface area contributed by atoms with E-state index in [4.69, 9.17) is 0 Å². The molecule has 0 aliphatic carbocycles. The number of hydrogen-bond donors (Lipinski definition) is 1. The van der Waals surface area contributed by atoms with Crippen molar-refractivity contribution in [3.63, 3.8) is 0 Å². The second kappa shape index (κ2) is 5.66. The molecule has 110 valence electrons. The first-order valence-electron chi connectivity index (χ1n) is 6.22. The van der Waals surface area contributed by atoms with E-state index >= 15 is 0 Å². The molecule has 7 heteroatoms. The predicted molar refractivity (Wildman–Crippen MR) is 76.0 cm³/mol. The summed E-state index contributed by atoms with van der Waals surface area (Å²) in [6, 6.07) is 7.77. The third kappa shape index (κ3) is 3.19. The average Bonchev–Trinajstić information content (AvgIpc) is 2.82. The van der Waals surface area contributed by atoms with Crippen molar-refractivity contribution in [1.82, 2.24) is 9.47 Å². The molecule has 7 nitrogen and oxygen atoms in total. The Labute approximate surface area is 121 Å². The molecule has 0 radical (unpaired) electrons. The van der Waals surface area contributed by atoms with Crippen LogP contribution in [0.4, 0.5) is 5.69 Å². The summed E-state index contributed by atoms with van der Waals surface area (Å²) in [6.07, 6.45) is 1.31. The van der Waals surface area contributed by atoms with Crippen LogP contribution in [0.25, 0.3) is 0 Å². The number of benzene rings is 1. The number of carbonyl (C=O) groups excluding carboxylic acids is 1. The molecule has 0 saturated heterocycles. The Hall–Kier alpha value is -2.83. The first-order chi connectivity index (χ1) is 9.88. The minimum absolute atomic E-state index is 0.112. The van der Waals surface area contributed by atoms with Gasteiger partial charge >= 0.3 is 0 Å². The summed E-state index contributed by atoms with van der Waals surface area (Å²) < 4.78 is 1.44. The van der Waals surface area contributed by atoms with Gasteiger partial charge in [-0.05, 0) is 17.7 Å². The number of carbonyl (C=O) groups is 1. The summed E-state index contributed by atoms with van der Waals surface area (Å²) in [4.78, 5) is 24.0. The van der Waals surface area contributed by atoms with Gasteiger partial charge in [-0.1, -0.05) is 12.1 Å². The van der Waals surface area contributed by atoms with Crippen LogP contribution in [0.5, 0.6) is 5.75 Å². The van der Waals surface area contributed by atoms with E-state index in [1.807, 2.05) is 0 Å². The summed E-state index contributed by atoms with van der Waals surface area (Å²) in [5.41, 5.74) is 0.995. The molecule has 2 aromatic rings. The predicted octanol–water partition coefficient (Wildman–Crippen LogP) is 1.91. The van der Waals surface area contributed by atoms with Crippen molar-refractivity contribution in [3.8, 4) is 5.75 Å². The molecule has 0 atom stereocenters. The summed E-state index contributed by atoms with van der Waals surface area (Å²) in [6.45, 7) is 0.345. The Morgan fingerprint density at radius 2 is 2.00 bits per heavy atom. The lowest BCUT2D eigenvalue weighted by molar-refractivity contribution is -0.384. The molecular formula is C14H15N3O4. The number of rotatable bonds is 4. The zero-order chi connectivity index (χ0) is 15.6. The monoisotopic (exact) mass is 289 g/mol. The van der Waals surface area contributed by atoms with E-state index in [-0.39, 0.29) is 23.0 Å². The van der Waals surface area contributed by atoms with Crippen LogP contribution in [-0.4, -0.2) is 32.5 Å². The van der Waals surface area contributed by atoms with Crippen molar-refractivity contribution >= 4 is 11.6 Å². The fourth-order valence-corrected chi connectivity index (χ4v) is 2.00. The maximum Gasteiger partial charge on any atom is 0.287 e. The molecule has 0 aliphatic heterocycles. The van der Waals surface area contributed by atoms with Crippen molar-refractivity contribution < 1.29 is 14.8 Å². The molecule has 1 amide bonds. The van der Waals surface area contributed by atoms with Crippen LogP contribution in [0, 0.1) is 10.1 Å². The summed E-state index contributed by atoms with van der Waals surface area (Å²) in [5.74, 6) is -0.149. The lowest BCUT2D eigenvalue weighted by Crippen LogP contribution is -2.27. The van der Waals surface area contributed by atoms with E-state index in [9.17, 15) is 20.0 Å². The third-order valence-corrected chi connectivity index (χ3v) is 3.12. The van der Waals surface area contributed by atoms with Crippen LogP contribution in [0.3, 0.4) is 0 Å². The summed E-state index contributed by atoms with van der Waals surface area (Å²) in [7, 11) is 3.21. The number of hydrogen-bond acceptors (Lipinski definition) is 4. The van der Waals surface area contributed by atoms with Crippen molar-refractivity contribution in [3.05, 3.63) is 57.9 Å². The summed E-state index contributed by atoms with van der Waals surface area (Å²) >= 11 is 0. The molecule has 0 unspecified atom stereocenters. The Kier molecular flexibility index (Phi) is 3.93. The molecule has 0 aliphatic rings. The molecule has 1 N–H and O–H groups in total. The van der Waals surface area contributed by atoms with E-state index in [2.05, 4.69) is 0 Å². The number of aromatic hydroxyl groups is 1. The van der Waals surface area contributed by atoms with Gasteiger partial charge < -0.3 is 14.6 Å². The second-order valence-corrected chi connectivity index (χ2v) is 4.78. The van der Waals surface area contributed by atoms with Gasteiger partial charge in [0.25, 0.3) is 11.6 Å². The molecule has 0 spiro atoms. The minimum atomic E-state index is -0.531. The van der Waals surface area contributed by atoms with Crippen LogP contribution < -0.4 is 0 Å². The number of phenolic OH excluding ortho intramolecular Hbond substituents is 1. The van der Waals surface area contributed by atoms with E-state index in [0.29, 0.717) is 6.54 Å². The lowest BCUT2D eigenvalue weighted by Gasteiger charge is -2.17. The van der Waals surface area contributed by atoms with Crippen molar-refractivity contribution in [2.24, 2.45) is 7.05 Å². The minimum Gasteiger partial charge on any atom is -0.508 e. The Balaban J connectivity index is 2.15. The molecule has 1 heterocycles. The van der Waals surface area contributed by atoms with E-state index in [1.54, 1.807) is 38.4 Å². The zero-order valence-electron chi connectivity index (χ0n) is 11.7. The smallest absolute Gasteiger partial charge is 0.287 e. The first kappa shape index (κ1) is 14.6. The molecule has 0 bridgehead atoms. The van der Waals surface area contributed by atoms with Gasteiger partial charge in [0.15, 0.2) is 0 Å². The van der Waals surface area contributed by atoms with Gasteiger partial charge in [-0.15, -0.1) is 0 Å². The molecule has 0 fully saturated rings. The molecule has 21 heavy (non-hydrogen) atoms. The summed E-state index contributed by atoms with van der Waals surface area (Å²) in [5, 5.41) is 19.9. The van der Waals surface area contributed by atoms with Gasteiger partial charge in [-0.3, -0.25) is 14.9 Å². The van der Waals surface area contributed by atoms with E-state index in [0.717, 1.165) is 5.56 Å². The number of nitro groups is 1. The Morgan fingerprint density at radius 1 is 1.38 bits per heavy atom. The molecule has 1 aromatic heterocycles. The fourth-order valence-electron chi connectivity index (χ4n) is 2.00. The van der Waals surface area contributed by atoms with E-state index in [1.165, 1.54) is 21.7 Å². The highest BCUT2D eigenvalue weighted by Crippen LogP contribution is 2.18. The zero-order valence-corrected chi connectivity index (χ0v) is 11.7. The quantitative estimate of drug-likeness (QED) is 0.687. The van der Waals surface area contributed by atoms with Gasteiger partial charge in [0.05, 0.1) is 11.1 Å². The highest BCUT2D eigenvalue weighted by molar-refractivity contribution is 5.93. The van der Waals surface area contributed by atoms with Crippen LogP contribution in [0.15, 0.2) is 36.5 Å². The van der Waals surface area contributed by atoms with Gasteiger partial charge in [0.1, 0.15) is 11.4 Å². The Bertz CT molecular complexity index is 676. The highest BCUT2D eigenvalue weighted by atomic mass is 16.6. The van der Waals surface area contributed by atoms with E-state index < -0.39 is 4.92 Å². The van der Waals surface area contributed by atoms with Crippen molar-refractivity contribution in [2.45, 2.75) is 6.54 Å². The van der Waals surface area contributed by atoms with Gasteiger partial charge in [-0.25, -0.2) is 0 Å². The number of aromatic nitrogens is 1. The Morgan fingerprint density at radius 3 is 2.52 bits per heavy atom. The fraction of sp³-hybridized carbons (Fsp3) is 0.214. The third-order valence-electron chi connectivity index (χ3n) is 3.12. The van der Waals surface area contributed by atoms with Gasteiger partial charge in [-0.2, -0.15) is 0 Å². The maximum absolute atomic E-state index is 12.3. The normalized spacial score (nSPS) is 10.4. The highest BCUT2D eigenvalue weighted by Gasteiger charge is 2.20. The number of aryl methyl sites for hydroxylation is 1. The van der Waals surface area contributed by atoms with Crippen molar-refractivity contribution in [2.75, 3.05) is 7.05 Å². The van der Waals surface area contributed by atoms with Crippen LogP contribution >= 0.6 is 0 Å². The second-order valence-electron chi connectivity index (χ2n) is 4.78. The SMILES string of the molecule is CN(Cc1ccc(O)cc1)C(=O)c1cc([N+](=O)[O-])cn1C. The van der Waals surface area contributed by atoms with Gasteiger partial charge in [0.2, 0.25) is 0 Å².